The highest BCUT2D eigenvalue weighted by molar-refractivity contribution is 6.88. The van der Waals surface area contributed by atoms with Crippen molar-refractivity contribution in [2.75, 3.05) is 5.32 Å². The van der Waals surface area contributed by atoms with Gasteiger partial charge >= 0.3 is 0 Å². The number of benzene rings is 2. The number of rotatable bonds is 4. The van der Waals surface area contributed by atoms with Gasteiger partial charge in [0, 0.05) is 23.0 Å². The Morgan fingerprint density at radius 2 is 1.62 bits per heavy atom. The van der Waals surface area contributed by atoms with Crippen LogP contribution in [0.25, 0.3) is 11.3 Å². The lowest BCUT2D eigenvalue weighted by Crippen LogP contribution is -2.37. The van der Waals surface area contributed by atoms with Gasteiger partial charge in [0.1, 0.15) is 11.5 Å². The summed E-state index contributed by atoms with van der Waals surface area (Å²) in [5, 5.41) is 4.24. The SMILES string of the molecule is C[Si](C)(C)c1ccc(NC(=O)c2ccc(-c3ncccc3F)cc2)cc1. The summed E-state index contributed by atoms with van der Waals surface area (Å²) in [4.78, 5) is 16.5. The Morgan fingerprint density at radius 1 is 0.962 bits per heavy atom. The van der Waals surface area contributed by atoms with Crippen molar-refractivity contribution in [2.45, 2.75) is 19.6 Å². The van der Waals surface area contributed by atoms with Gasteiger partial charge in [-0.3, -0.25) is 9.78 Å². The fraction of sp³-hybridized carbons (Fsp3) is 0.143. The number of hydrogen-bond acceptors (Lipinski definition) is 2. The maximum absolute atomic E-state index is 13.8. The Morgan fingerprint density at radius 3 is 2.19 bits per heavy atom. The van der Waals surface area contributed by atoms with Gasteiger partial charge in [0.2, 0.25) is 0 Å². The molecule has 1 amide bonds. The third-order valence-corrected chi connectivity index (χ3v) is 6.25. The van der Waals surface area contributed by atoms with Crippen LogP contribution < -0.4 is 10.5 Å². The van der Waals surface area contributed by atoms with Crippen LogP contribution in [-0.2, 0) is 0 Å². The molecule has 3 aromatic rings. The van der Waals surface area contributed by atoms with Gasteiger partial charge in [0.05, 0.1) is 8.07 Å². The number of pyridine rings is 1. The number of anilines is 1. The van der Waals surface area contributed by atoms with Crippen molar-refractivity contribution in [3.05, 3.63) is 78.2 Å². The van der Waals surface area contributed by atoms with Gasteiger partial charge in [-0.15, -0.1) is 0 Å². The van der Waals surface area contributed by atoms with E-state index in [1.807, 2.05) is 12.1 Å². The quantitative estimate of drug-likeness (QED) is 0.683. The van der Waals surface area contributed by atoms with Crippen LogP contribution in [0.15, 0.2) is 66.9 Å². The fourth-order valence-electron chi connectivity index (χ4n) is 2.63. The molecule has 0 aliphatic carbocycles. The average Bonchev–Trinajstić information content (AvgIpc) is 2.62. The molecule has 5 heteroatoms. The van der Waals surface area contributed by atoms with E-state index in [9.17, 15) is 9.18 Å². The summed E-state index contributed by atoms with van der Waals surface area (Å²) in [6.45, 7) is 6.85. The second kappa shape index (κ2) is 7.21. The van der Waals surface area contributed by atoms with Gasteiger partial charge in [-0.1, -0.05) is 49.1 Å². The zero-order valence-corrected chi connectivity index (χ0v) is 16.1. The van der Waals surface area contributed by atoms with Crippen LogP contribution >= 0.6 is 0 Å². The molecule has 2 aromatic carbocycles. The molecule has 0 spiro atoms. The maximum Gasteiger partial charge on any atom is 0.255 e. The molecule has 1 aromatic heterocycles. The van der Waals surface area contributed by atoms with Crippen LogP contribution in [0.5, 0.6) is 0 Å². The maximum atomic E-state index is 13.8. The molecule has 1 heterocycles. The number of carbonyl (C=O) groups is 1. The molecular formula is C21H21FN2OSi. The molecule has 0 atom stereocenters. The predicted molar refractivity (Wildman–Crippen MR) is 107 cm³/mol. The molecule has 0 fully saturated rings. The lowest BCUT2D eigenvalue weighted by molar-refractivity contribution is 0.102. The van der Waals surface area contributed by atoms with E-state index in [-0.39, 0.29) is 17.4 Å². The first-order valence-electron chi connectivity index (χ1n) is 8.47. The lowest BCUT2D eigenvalue weighted by Gasteiger charge is -2.17. The summed E-state index contributed by atoms with van der Waals surface area (Å²) >= 11 is 0. The van der Waals surface area contributed by atoms with Gasteiger partial charge in [-0.2, -0.15) is 0 Å². The smallest absolute Gasteiger partial charge is 0.255 e. The van der Waals surface area contributed by atoms with Crippen molar-refractivity contribution in [1.82, 2.24) is 4.98 Å². The summed E-state index contributed by atoms with van der Waals surface area (Å²) < 4.78 is 13.8. The number of carbonyl (C=O) groups excluding carboxylic acids is 1. The normalized spacial score (nSPS) is 11.2. The number of halogens is 1. The van der Waals surface area contributed by atoms with Crippen molar-refractivity contribution in [3.63, 3.8) is 0 Å². The van der Waals surface area contributed by atoms with Gasteiger partial charge < -0.3 is 5.32 Å². The topological polar surface area (TPSA) is 42.0 Å². The predicted octanol–water partition coefficient (Wildman–Crippen LogP) is 4.69. The van der Waals surface area contributed by atoms with E-state index < -0.39 is 8.07 Å². The lowest BCUT2D eigenvalue weighted by atomic mass is 10.1. The highest BCUT2D eigenvalue weighted by atomic mass is 28.3. The Kier molecular flexibility index (Phi) is 5.00. The Labute approximate surface area is 153 Å². The summed E-state index contributed by atoms with van der Waals surface area (Å²) in [6.07, 6.45) is 1.54. The van der Waals surface area contributed by atoms with Gasteiger partial charge in [0.15, 0.2) is 0 Å². The van der Waals surface area contributed by atoms with Crippen molar-refractivity contribution >= 4 is 24.9 Å². The Hall–Kier alpha value is -2.79. The van der Waals surface area contributed by atoms with Gasteiger partial charge in [-0.25, -0.2) is 4.39 Å². The van der Waals surface area contributed by atoms with Gasteiger partial charge in [-0.05, 0) is 36.4 Å². The molecule has 3 rings (SSSR count). The molecule has 0 unspecified atom stereocenters. The fourth-order valence-corrected chi connectivity index (χ4v) is 3.80. The molecule has 0 saturated carbocycles. The van der Waals surface area contributed by atoms with E-state index in [4.69, 9.17) is 0 Å². The first-order chi connectivity index (χ1) is 12.3. The molecule has 1 N–H and O–H groups in total. The highest BCUT2D eigenvalue weighted by Gasteiger charge is 2.16. The highest BCUT2D eigenvalue weighted by Crippen LogP contribution is 2.20. The van der Waals surface area contributed by atoms with E-state index >= 15 is 0 Å². The first kappa shape index (κ1) is 18.0. The number of aromatic nitrogens is 1. The Balaban J connectivity index is 1.73. The molecule has 0 saturated heterocycles. The van der Waals surface area contributed by atoms with Crippen LogP contribution in [0.1, 0.15) is 10.4 Å². The van der Waals surface area contributed by atoms with E-state index in [2.05, 4.69) is 42.1 Å². The number of hydrogen-bond donors (Lipinski definition) is 1. The Bertz CT molecular complexity index is 916. The van der Waals surface area contributed by atoms with E-state index in [0.29, 0.717) is 11.1 Å². The summed E-state index contributed by atoms with van der Waals surface area (Å²) in [6, 6.07) is 17.7. The molecule has 0 bridgehead atoms. The zero-order valence-electron chi connectivity index (χ0n) is 15.1. The minimum absolute atomic E-state index is 0.196. The first-order valence-corrected chi connectivity index (χ1v) is 12.0. The largest absolute Gasteiger partial charge is 0.322 e. The van der Waals surface area contributed by atoms with Gasteiger partial charge in [0.25, 0.3) is 5.91 Å². The third-order valence-electron chi connectivity index (χ3n) is 4.19. The average molecular weight is 364 g/mol. The summed E-state index contributed by atoms with van der Waals surface area (Å²) in [5.74, 6) is -0.578. The molecular weight excluding hydrogens is 343 g/mol. The third kappa shape index (κ3) is 4.06. The second-order valence-corrected chi connectivity index (χ2v) is 12.3. The van der Waals surface area contributed by atoms with E-state index in [1.165, 1.54) is 11.3 Å². The minimum atomic E-state index is -1.35. The standard InChI is InChI=1S/C21H21FN2OSi/c1-26(2,3)18-12-10-17(11-13-18)24-21(25)16-8-6-15(7-9-16)20-19(22)5-4-14-23-20/h4-14H,1-3H3,(H,24,25). The van der Waals surface area contributed by atoms with Crippen LogP contribution in [-0.4, -0.2) is 19.0 Å². The zero-order chi connectivity index (χ0) is 18.7. The number of nitrogens with one attached hydrogen (secondary N) is 1. The van der Waals surface area contributed by atoms with Crippen molar-refractivity contribution < 1.29 is 9.18 Å². The molecule has 0 aliphatic heterocycles. The van der Waals surface area contributed by atoms with Crippen molar-refractivity contribution in [1.29, 1.82) is 0 Å². The van der Waals surface area contributed by atoms with Crippen LogP contribution in [0.3, 0.4) is 0 Å². The van der Waals surface area contributed by atoms with E-state index in [1.54, 1.807) is 36.5 Å². The number of nitrogens with zero attached hydrogens (tertiary/aromatic N) is 1. The second-order valence-electron chi connectivity index (χ2n) is 7.19. The molecule has 3 nitrogen and oxygen atoms in total. The molecule has 26 heavy (non-hydrogen) atoms. The minimum Gasteiger partial charge on any atom is -0.322 e. The monoisotopic (exact) mass is 364 g/mol. The van der Waals surface area contributed by atoms with Crippen LogP contribution in [0, 0.1) is 5.82 Å². The summed E-state index contributed by atoms with van der Waals surface area (Å²) in [7, 11) is -1.35. The molecule has 0 aliphatic rings. The molecule has 132 valence electrons. The number of amides is 1. The van der Waals surface area contributed by atoms with Crippen LogP contribution in [0.2, 0.25) is 19.6 Å². The van der Waals surface area contributed by atoms with Crippen molar-refractivity contribution in [2.24, 2.45) is 0 Å². The van der Waals surface area contributed by atoms with Crippen molar-refractivity contribution in [3.8, 4) is 11.3 Å². The molecule has 0 radical (unpaired) electrons. The van der Waals surface area contributed by atoms with E-state index in [0.717, 1.165) is 5.69 Å². The summed E-state index contributed by atoms with van der Waals surface area (Å²) in [5.41, 5.74) is 2.19. The van der Waals surface area contributed by atoms with Crippen LogP contribution in [0.4, 0.5) is 10.1 Å².